The van der Waals surface area contributed by atoms with Gasteiger partial charge in [0.2, 0.25) is 0 Å². The number of benzene rings is 1. The summed E-state index contributed by atoms with van der Waals surface area (Å²) < 4.78 is 32.7. The third-order valence-electron chi connectivity index (χ3n) is 4.51. The van der Waals surface area contributed by atoms with E-state index in [4.69, 9.17) is 10.5 Å². The second-order valence-electron chi connectivity index (χ2n) is 5.37. The van der Waals surface area contributed by atoms with Crippen LogP contribution in [0.15, 0.2) is 12.1 Å². The Labute approximate surface area is 105 Å². The van der Waals surface area contributed by atoms with Crippen molar-refractivity contribution in [3.05, 3.63) is 29.3 Å². The molecule has 0 saturated heterocycles. The highest BCUT2D eigenvalue weighted by molar-refractivity contribution is 5.34. The van der Waals surface area contributed by atoms with Gasteiger partial charge in [-0.3, -0.25) is 0 Å². The molecule has 18 heavy (non-hydrogen) atoms. The highest BCUT2D eigenvalue weighted by Crippen LogP contribution is 2.61. The first-order valence-corrected chi connectivity index (χ1v) is 6.42. The molecule has 0 spiro atoms. The maximum absolute atomic E-state index is 13.9. The Morgan fingerprint density at radius 1 is 1.22 bits per heavy atom. The van der Waals surface area contributed by atoms with E-state index < -0.39 is 17.7 Å². The molecule has 3 rings (SSSR count). The topological polar surface area (TPSA) is 35.2 Å². The van der Waals surface area contributed by atoms with Crippen LogP contribution in [0.5, 0.6) is 5.75 Å². The smallest absolute Gasteiger partial charge is 0.134 e. The van der Waals surface area contributed by atoms with E-state index >= 15 is 0 Å². The third kappa shape index (κ3) is 1.70. The van der Waals surface area contributed by atoms with E-state index in [0.29, 0.717) is 11.8 Å². The Hall–Kier alpha value is -1.16. The van der Waals surface area contributed by atoms with E-state index in [1.54, 1.807) is 0 Å². The van der Waals surface area contributed by atoms with Crippen LogP contribution in [0.3, 0.4) is 0 Å². The first-order chi connectivity index (χ1) is 8.63. The lowest BCUT2D eigenvalue weighted by Gasteiger charge is -2.16. The van der Waals surface area contributed by atoms with Gasteiger partial charge in [0.1, 0.15) is 17.4 Å². The molecule has 2 N–H and O–H groups in total. The van der Waals surface area contributed by atoms with Gasteiger partial charge in [-0.1, -0.05) is 6.42 Å². The highest BCUT2D eigenvalue weighted by Gasteiger charge is 2.55. The van der Waals surface area contributed by atoms with Crippen molar-refractivity contribution in [3.8, 4) is 5.75 Å². The number of fused-ring (bicyclic) bond motifs is 1. The number of hydrogen-bond acceptors (Lipinski definition) is 2. The Morgan fingerprint density at radius 3 is 2.28 bits per heavy atom. The van der Waals surface area contributed by atoms with Crippen molar-refractivity contribution in [3.63, 3.8) is 0 Å². The zero-order valence-electron chi connectivity index (χ0n) is 10.3. The second-order valence-corrected chi connectivity index (χ2v) is 5.37. The van der Waals surface area contributed by atoms with E-state index in [-0.39, 0.29) is 17.2 Å². The van der Waals surface area contributed by atoms with Gasteiger partial charge in [-0.2, -0.15) is 0 Å². The Kier molecular flexibility index (Phi) is 2.77. The average molecular weight is 253 g/mol. The molecule has 2 aliphatic rings. The monoisotopic (exact) mass is 253 g/mol. The predicted octanol–water partition coefficient (Wildman–Crippen LogP) is 3.02. The van der Waals surface area contributed by atoms with Crippen LogP contribution in [-0.4, -0.2) is 7.11 Å². The van der Waals surface area contributed by atoms with E-state index in [2.05, 4.69) is 0 Å². The van der Waals surface area contributed by atoms with E-state index in [0.717, 1.165) is 12.8 Å². The van der Waals surface area contributed by atoms with Crippen LogP contribution in [0.4, 0.5) is 8.78 Å². The molecule has 2 fully saturated rings. The van der Waals surface area contributed by atoms with E-state index in [1.807, 2.05) is 0 Å². The predicted molar refractivity (Wildman–Crippen MR) is 64.2 cm³/mol. The van der Waals surface area contributed by atoms with Gasteiger partial charge in [0.25, 0.3) is 0 Å². The maximum Gasteiger partial charge on any atom is 0.134 e. The van der Waals surface area contributed by atoms with Crippen molar-refractivity contribution >= 4 is 0 Å². The molecule has 4 heteroatoms. The summed E-state index contributed by atoms with van der Waals surface area (Å²) in [5, 5.41) is 0. The van der Waals surface area contributed by atoms with Crippen LogP contribution < -0.4 is 10.5 Å². The molecular weight excluding hydrogens is 236 g/mol. The van der Waals surface area contributed by atoms with Crippen LogP contribution in [0, 0.1) is 29.4 Å². The number of rotatable bonds is 3. The lowest BCUT2D eigenvalue weighted by molar-refractivity contribution is 0.399. The zero-order chi connectivity index (χ0) is 12.9. The number of halogens is 2. The van der Waals surface area contributed by atoms with Crippen molar-refractivity contribution in [2.45, 2.75) is 25.3 Å². The molecule has 1 aromatic carbocycles. The lowest BCUT2D eigenvalue weighted by Crippen LogP contribution is -2.19. The van der Waals surface area contributed by atoms with Crippen LogP contribution in [-0.2, 0) is 0 Å². The average Bonchev–Trinajstić information content (AvgIpc) is 2.81. The van der Waals surface area contributed by atoms with Crippen molar-refractivity contribution < 1.29 is 13.5 Å². The fourth-order valence-electron chi connectivity index (χ4n) is 3.60. The fraction of sp³-hybridized carbons (Fsp3) is 0.571. The van der Waals surface area contributed by atoms with E-state index in [1.165, 1.54) is 25.7 Å². The molecule has 0 radical (unpaired) electrons. The summed E-state index contributed by atoms with van der Waals surface area (Å²) in [6.07, 6.45) is 3.54. The highest BCUT2D eigenvalue weighted by atomic mass is 19.1. The molecule has 0 amide bonds. The van der Waals surface area contributed by atoms with Gasteiger partial charge in [-0.05, 0) is 30.6 Å². The number of hydrogen-bond donors (Lipinski definition) is 1. The Bertz CT molecular complexity index is 444. The lowest BCUT2D eigenvalue weighted by atomic mass is 9.96. The van der Waals surface area contributed by atoms with Crippen molar-refractivity contribution in [1.82, 2.24) is 0 Å². The van der Waals surface area contributed by atoms with Gasteiger partial charge in [-0.15, -0.1) is 0 Å². The number of methoxy groups -OCH3 is 1. The molecule has 2 saturated carbocycles. The molecular formula is C14H17F2NO. The van der Waals surface area contributed by atoms with Crippen LogP contribution >= 0.6 is 0 Å². The summed E-state index contributed by atoms with van der Waals surface area (Å²) in [5.41, 5.74) is 6.09. The van der Waals surface area contributed by atoms with Crippen LogP contribution in [0.25, 0.3) is 0 Å². The minimum Gasteiger partial charge on any atom is -0.497 e. The minimum absolute atomic E-state index is 0.0233. The summed E-state index contributed by atoms with van der Waals surface area (Å²) in [4.78, 5) is 0. The Morgan fingerprint density at radius 2 is 1.78 bits per heavy atom. The quantitative estimate of drug-likeness (QED) is 0.898. The zero-order valence-corrected chi connectivity index (χ0v) is 10.3. The molecule has 0 bridgehead atoms. The fourth-order valence-corrected chi connectivity index (χ4v) is 3.60. The largest absolute Gasteiger partial charge is 0.497 e. The summed E-state index contributed by atoms with van der Waals surface area (Å²) in [5.74, 6) is 0.434. The number of nitrogens with two attached hydrogens (primary N) is 1. The first-order valence-electron chi connectivity index (χ1n) is 6.42. The maximum atomic E-state index is 13.9. The van der Waals surface area contributed by atoms with Gasteiger partial charge >= 0.3 is 0 Å². The van der Waals surface area contributed by atoms with Crippen LogP contribution in [0.1, 0.15) is 30.9 Å². The normalized spacial score (nSPS) is 31.0. The third-order valence-corrected chi connectivity index (χ3v) is 4.51. The summed E-state index contributed by atoms with van der Waals surface area (Å²) in [6, 6.07) is 1.89. The Balaban J connectivity index is 1.88. The molecule has 2 nitrogen and oxygen atoms in total. The molecule has 0 heterocycles. The summed E-state index contributed by atoms with van der Waals surface area (Å²) in [6.45, 7) is 0. The van der Waals surface area contributed by atoms with E-state index in [9.17, 15) is 8.78 Å². The number of ether oxygens (including phenoxy) is 1. The van der Waals surface area contributed by atoms with Gasteiger partial charge in [0.15, 0.2) is 0 Å². The molecule has 98 valence electrons. The minimum atomic E-state index is -0.593. The van der Waals surface area contributed by atoms with Gasteiger partial charge in [-0.25, -0.2) is 8.78 Å². The standard InChI is InChI=1S/C14H17F2NO/c1-18-7-5-10(15)13(11(16)6-7)14(17)12-8-3-2-4-9(8)12/h5-6,8-9,12,14H,2-4,17H2,1H3. The van der Waals surface area contributed by atoms with Crippen molar-refractivity contribution in [2.24, 2.45) is 23.5 Å². The molecule has 1 aromatic rings. The summed E-state index contributed by atoms with van der Waals surface area (Å²) >= 11 is 0. The first kappa shape index (κ1) is 11.9. The molecule has 0 aromatic heterocycles. The SMILES string of the molecule is COc1cc(F)c(C(N)C2C3CCCC32)c(F)c1. The van der Waals surface area contributed by atoms with Gasteiger partial charge in [0, 0.05) is 23.7 Å². The van der Waals surface area contributed by atoms with Crippen molar-refractivity contribution in [2.75, 3.05) is 7.11 Å². The molecule has 3 atom stereocenters. The molecule has 3 unspecified atom stereocenters. The summed E-state index contributed by atoms with van der Waals surface area (Å²) in [7, 11) is 1.39. The molecule has 0 aliphatic heterocycles. The van der Waals surface area contributed by atoms with Gasteiger partial charge < -0.3 is 10.5 Å². The van der Waals surface area contributed by atoms with Gasteiger partial charge in [0.05, 0.1) is 7.11 Å². The second kappa shape index (κ2) is 4.19. The molecule has 2 aliphatic carbocycles. The van der Waals surface area contributed by atoms with Crippen molar-refractivity contribution in [1.29, 1.82) is 0 Å². The van der Waals surface area contributed by atoms with Crippen LogP contribution in [0.2, 0.25) is 0 Å².